The molecule has 59 heavy (non-hydrogen) atoms. The van der Waals surface area contributed by atoms with Crippen LogP contribution < -0.4 is 0 Å². The van der Waals surface area contributed by atoms with Crippen LogP contribution in [0.25, 0.3) is 78.3 Å². The van der Waals surface area contributed by atoms with Gasteiger partial charge < -0.3 is 0 Å². The molecule has 11 rings (SSSR count). The van der Waals surface area contributed by atoms with Gasteiger partial charge >= 0.3 is 0 Å². The van der Waals surface area contributed by atoms with Gasteiger partial charge in [-0.05, 0) is 96.7 Å². The van der Waals surface area contributed by atoms with Crippen LogP contribution in [-0.4, -0.2) is 15.0 Å². The number of aromatic nitrogens is 3. The van der Waals surface area contributed by atoms with Crippen molar-refractivity contribution in [1.29, 1.82) is 0 Å². The summed E-state index contributed by atoms with van der Waals surface area (Å²) in [5, 5.41) is 2.40. The van der Waals surface area contributed by atoms with Crippen LogP contribution in [0.1, 0.15) is 22.3 Å². The molecular weight excluding hydrogens is 715 g/mol. The zero-order chi connectivity index (χ0) is 39.2. The third-order valence-electron chi connectivity index (χ3n) is 11.8. The van der Waals surface area contributed by atoms with Crippen molar-refractivity contribution >= 4 is 10.8 Å². The van der Waals surface area contributed by atoms with Gasteiger partial charge in [0, 0.05) is 16.7 Å². The largest absolute Gasteiger partial charge is 0.208 e. The van der Waals surface area contributed by atoms with Crippen LogP contribution in [0.3, 0.4) is 0 Å². The zero-order valence-electron chi connectivity index (χ0n) is 32.2. The Morgan fingerprint density at radius 2 is 0.695 bits per heavy atom. The monoisotopic (exact) mass is 751 g/mol. The summed E-state index contributed by atoms with van der Waals surface area (Å²) in [7, 11) is 0. The van der Waals surface area contributed by atoms with Crippen molar-refractivity contribution in [2.45, 2.75) is 5.41 Å². The number of nitrogens with zero attached hydrogens (tertiary/aromatic N) is 3. The number of hydrogen-bond donors (Lipinski definition) is 0. The van der Waals surface area contributed by atoms with E-state index in [1.807, 2.05) is 36.4 Å². The maximum atomic E-state index is 5.18. The Kier molecular flexibility index (Phi) is 8.37. The lowest BCUT2D eigenvalue weighted by molar-refractivity contribution is 0.769. The third kappa shape index (κ3) is 5.95. The molecule has 1 aromatic heterocycles. The summed E-state index contributed by atoms with van der Waals surface area (Å²) in [5.41, 5.74) is 14.3. The highest BCUT2D eigenvalue weighted by atomic mass is 15.0. The Balaban J connectivity index is 1.16. The average molecular weight is 752 g/mol. The Bertz CT molecular complexity index is 3040. The minimum atomic E-state index is -0.507. The van der Waals surface area contributed by atoms with Crippen LogP contribution in [0.4, 0.5) is 0 Å². The maximum Gasteiger partial charge on any atom is 0.164 e. The standard InChI is InChI=1S/C56H37N3/c1-5-18-39(19-6-1)53-57-54(40-20-7-2-8-21-40)59-55(58-53)46-35-44(42-30-29-38-17-13-14-22-41(38)33-42)34-45(36-46)43-31-32-50-49-27-15-16-28-51(49)56(52(50)37-43,47-23-9-3-10-24-47)48-25-11-4-12-26-48/h1-37H. The molecule has 0 saturated heterocycles. The van der Waals surface area contributed by atoms with Gasteiger partial charge in [0.2, 0.25) is 0 Å². The summed E-state index contributed by atoms with van der Waals surface area (Å²) in [6.45, 7) is 0. The van der Waals surface area contributed by atoms with Crippen molar-refractivity contribution < 1.29 is 0 Å². The molecular formula is C56H37N3. The SMILES string of the molecule is c1ccc(-c2nc(-c3ccccc3)nc(-c3cc(-c4ccc5c(c4)C(c4ccccc4)(c4ccccc4)c4ccccc4-5)cc(-c4ccc5ccccc5c4)c3)n2)cc1. The molecule has 1 heterocycles. The van der Waals surface area contributed by atoms with E-state index in [4.69, 9.17) is 15.0 Å². The fraction of sp³-hybridized carbons (Fsp3) is 0.0179. The Morgan fingerprint density at radius 3 is 1.31 bits per heavy atom. The molecule has 0 bridgehead atoms. The van der Waals surface area contributed by atoms with Gasteiger partial charge in [-0.25, -0.2) is 15.0 Å². The molecule has 9 aromatic carbocycles. The second kappa shape index (κ2) is 14.3. The first-order chi connectivity index (χ1) is 29.2. The predicted octanol–water partition coefficient (Wildman–Crippen LogP) is 13.7. The second-order valence-electron chi connectivity index (χ2n) is 15.2. The fourth-order valence-corrected chi connectivity index (χ4v) is 9.02. The Hall–Kier alpha value is -7.75. The summed E-state index contributed by atoms with van der Waals surface area (Å²) >= 11 is 0. The van der Waals surface area contributed by atoms with Crippen molar-refractivity contribution in [1.82, 2.24) is 15.0 Å². The van der Waals surface area contributed by atoms with Gasteiger partial charge in [-0.2, -0.15) is 0 Å². The lowest BCUT2D eigenvalue weighted by Crippen LogP contribution is -2.28. The minimum Gasteiger partial charge on any atom is -0.208 e. The number of rotatable bonds is 7. The second-order valence-corrected chi connectivity index (χ2v) is 15.2. The third-order valence-corrected chi connectivity index (χ3v) is 11.8. The molecule has 0 radical (unpaired) electrons. The molecule has 1 aliphatic rings. The Morgan fingerprint density at radius 1 is 0.254 bits per heavy atom. The van der Waals surface area contributed by atoms with Crippen molar-refractivity contribution in [2.75, 3.05) is 0 Å². The summed E-state index contributed by atoms with van der Waals surface area (Å²) in [6.07, 6.45) is 0. The zero-order valence-corrected chi connectivity index (χ0v) is 32.2. The summed E-state index contributed by atoms with van der Waals surface area (Å²) in [4.78, 5) is 15.4. The smallest absolute Gasteiger partial charge is 0.164 e. The van der Waals surface area contributed by atoms with E-state index in [1.165, 1.54) is 44.2 Å². The molecule has 0 fully saturated rings. The molecule has 10 aromatic rings. The van der Waals surface area contributed by atoms with E-state index in [-0.39, 0.29) is 0 Å². The van der Waals surface area contributed by atoms with Gasteiger partial charge in [0.15, 0.2) is 17.5 Å². The topological polar surface area (TPSA) is 38.7 Å². The van der Waals surface area contributed by atoms with Gasteiger partial charge in [-0.1, -0.05) is 194 Å². The molecule has 276 valence electrons. The number of benzene rings is 9. The van der Waals surface area contributed by atoms with Crippen molar-refractivity contribution in [3.63, 3.8) is 0 Å². The molecule has 0 N–H and O–H groups in total. The van der Waals surface area contributed by atoms with Crippen molar-refractivity contribution in [2.24, 2.45) is 0 Å². The normalized spacial score (nSPS) is 12.5. The van der Waals surface area contributed by atoms with E-state index in [1.54, 1.807) is 0 Å². The van der Waals surface area contributed by atoms with E-state index in [2.05, 4.69) is 188 Å². The molecule has 0 atom stereocenters. The summed E-state index contributed by atoms with van der Waals surface area (Å²) in [5.74, 6) is 1.90. The summed E-state index contributed by atoms with van der Waals surface area (Å²) < 4.78 is 0. The minimum absolute atomic E-state index is 0.507. The lowest BCUT2D eigenvalue weighted by Gasteiger charge is -2.34. The van der Waals surface area contributed by atoms with Gasteiger partial charge in [-0.3, -0.25) is 0 Å². The van der Waals surface area contributed by atoms with E-state index < -0.39 is 5.41 Å². The van der Waals surface area contributed by atoms with Crippen molar-refractivity contribution in [3.05, 3.63) is 247 Å². The van der Waals surface area contributed by atoms with Gasteiger partial charge in [0.1, 0.15) is 0 Å². The molecule has 0 spiro atoms. The quantitative estimate of drug-likeness (QED) is 0.163. The van der Waals surface area contributed by atoms with E-state index in [0.717, 1.165) is 38.9 Å². The van der Waals surface area contributed by atoms with E-state index in [9.17, 15) is 0 Å². The first-order valence-corrected chi connectivity index (χ1v) is 20.1. The Labute approximate surface area is 344 Å². The predicted molar refractivity (Wildman–Crippen MR) is 242 cm³/mol. The number of hydrogen-bond acceptors (Lipinski definition) is 3. The lowest BCUT2D eigenvalue weighted by atomic mass is 9.67. The highest BCUT2D eigenvalue weighted by molar-refractivity contribution is 5.91. The van der Waals surface area contributed by atoms with E-state index >= 15 is 0 Å². The van der Waals surface area contributed by atoms with Crippen LogP contribution in [0.15, 0.2) is 224 Å². The molecule has 0 saturated carbocycles. The van der Waals surface area contributed by atoms with Gasteiger partial charge in [-0.15, -0.1) is 0 Å². The fourth-order valence-electron chi connectivity index (χ4n) is 9.02. The van der Waals surface area contributed by atoms with Crippen LogP contribution in [0.5, 0.6) is 0 Å². The number of fused-ring (bicyclic) bond motifs is 4. The molecule has 1 aliphatic carbocycles. The first-order valence-electron chi connectivity index (χ1n) is 20.1. The van der Waals surface area contributed by atoms with E-state index in [0.29, 0.717) is 17.5 Å². The average Bonchev–Trinajstić information content (AvgIpc) is 3.62. The van der Waals surface area contributed by atoms with Crippen LogP contribution in [0.2, 0.25) is 0 Å². The van der Waals surface area contributed by atoms with Crippen LogP contribution in [0, 0.1) is 0 Å². The maximum absolute atomic E-state index is 5.18. The summed E-state index contributed by atoms with van der Waals surface area (Å²) in [6, 6.07) is 80.3. The molecule has 3 heteroatoms. The highest BCUT2D eigenvalue weighted by Gasteiger charge is 2.46. The molecule has 0 amide bonds. The molecule has 0 aliphatic heterocycles. The van der Waals surface area contributed by atoms with Crippen LogP contribution >= 0.6 is 0 Å². The first kappa shape index (κ1) is 34.5. The van der Waals surface area contributed by atoms with Crippen molar-refractivity contribution in [3.8, 4) is 67.5 Å². The highest BCUT2D eigenvalue weighted by Crippen LogP contribution is 2.56. The van der Waals surface area contributed by atoms with Crippen LogP contribution in [-0.2, 0) is 5.41 Å². The van der Waals surface area contributed by atoms with Gasteiger partial charge in [0.25, 0.3) is 0 Å². The molecule has 0 unspecified atom stereocenters. The van der Waals surface area contributed by atoms with Gasteiger partial charge in [0.05, 0.1) is 5.41 Å². The molecule has 3 nitrogen and oxygen atoms in total.